The molecule has 3 aromatic rings. The molecule has 1 amide bonds. The van der Waals surface area contributed by atoms with Crippen LogP contribution in [-0.4, -0.2) is 22.3 Å². The summed E-state index contributed by atoms with van der Waals surface area (Å²) in [5.41, 5.74) is 1.84. The van der Waals surface area contributed by atoms with Crippen molar-refractivity contribution >= 4 is 5.91 Å². The fourth-order valence-electron chi connectivity index (χ4n) is 2.78. The molecular formula is C21H19FN2O2. The maximum absolute atomic E-state index is 13.4. The molecule has 0 radical (unpaired) electrons. The van der Waals surface area contributed by atoms with Crippen molar-refractivity contribution in [3.05, 3.63) is 94.0 Å². The minimum absolute atomic E-state index is 0.0722. The van der Waals surface area contributed by atoms with Crippen LogP contribution in [0, 0.1) is 5.82 Å². The summed E-state index contributed by atoms with van der Waals surface area (Å²) >= 11 is 0. The van der Waals surface area contributed by atoms with Crippen molar-refractivity contribution in [3.8, 4) is 11.3 Å². The summed E-state index contributed by atoms with van der Waals surface area (Å²) in [6.07, 6.45) is 0. The van der Waals surface area contributed by atoms with E-state index >= 15 is 0 Å². The van der Waals surface area contributed by atoms with E-state index in [-0.39, 0.29) is 23.8 Å². The van der Waals surface area contributed by atoms with Crippen LogP contribution < -0.4 is 5.56 Å². The van der Waals surface area contributed by atoms with E-state index in [0.29, 0.717) is 17.8 Å². The minimum atomic E-state index is -0.436. The number of benzene rings is 2. The molecule has 0 atom stereocenters. The van der Waals surface area contributed by atoms with Crippen LogP contribution in [0.2, 0.25) is 0 Å². The van der Waals surface area contributed by atoms with Crippen LogP contribution >= 0.6 is 0 Å². The Labute approximate surface area is 150 Å². The van der Waals surface area contributed by atoms with Crippen molar-refractivity contribution in [2.75, 3.05) is 6.54 Å². The van der Waals surface area contributed by atoms with Crippen molar-refractivity contribution < 1.29 is 9.18 Å². The highest BCUT2D eigenvalue weighted by Crippen LogP contribution is 2.16. The Morgan fingerprint density at radius 3 is 2.46 bits per heavy atom. The molecule has 1 N–H and O–H groups in total. The summed E-state index contributed by atoms with van der Waals surface area (Å²) in [6, 6.07) is 18.8. The average Bonchev–Trinajstić information content (AvgIpc) is 2.66. The highest BCUT2D eigenvalue weighted by Gasteiger charge is 2.18. The van der Waals surface area contributed by atoms with Gasteiger partial charge >= 0.3 is 0 Å². The van der Waals surface area contributed by atoms with Gasteiger partial charge in [0.1, 0.15) is 11.4 Å². The Hall–Kier alpha value is -3.21. The molecule has 1 heterocycles. The first kappa shape index (κ1) is 17.6. The first-order valence-electron chi connectivity index (χ1n) is 8.41. The predicted octanol–water partition coefficient (Wildman–Crippen LogP) is 3.84. The number of nitrogens with zero attached hydrogens (tertiary/aromatic N) is 1. The third-order valence-electron chi connectivity index (χ3n) is 4.16. The first-order chi connectivity index (χ1) is 12.6. The van der Waals surface area contributed by atoms with Gasteiger partial charge in [-0.1, -0.05) is 42.5 Å². The molecule has 26 heavy (non-hydrogen) atoms. The largest absolute Gasteiger partial charge is 0.334 e. The molecule has 0 bridgehead atoms. The molecule has 2 aromatic carbocycles. The summed E-state index contributed by atoms with van der Waals surface area (Å²) in [5, 5.41) is 0. The number of pyridine rings is 1. The molecule has 0 fully saturated rings. The fourth-order valence-corrected chi connectivity index (χ4v) is 2.78. The minimum Gasteiger partial charge on any atom is -0.334 e. The van der Waals surface area contributed by atoms with E-state index < -0.39 is 5.56 Å². The van der Waals surface area contributed by atoms with Gasteiger partial charge in [0, 0.05) is 18.8 Å². The molecule has 3 rings (SSSR count). The highest BCUT2D eigenvalue weighted by molar-refractivity contribution is 5.94. The van der Waals surface area contributed by atoms with Crippen molar-refractivity contribution in [2.24, 2.45) is 0 Å². The molecule has 0 aliphatic carbocycles. The molecule has 1 aromatic heterocycles. The van der Waals surface area contributed by atoms with E-state index in [2.05, 4.69) is 4.98 Å². The van der Waals surface area contributed by atoms with Crippen LogP contribution in [0.15, 0.2) is 71.5 Å². The van der Waals surface area contributed by atoms with Gasteiger partial charge in [0.05, 0.1) is 0 Å². The van der Waals surface area contributed by atoms with E-state index in [1.165, 1.54) is 23.1 Å². The fraction of sp³-hybridized carbons (Fsp3) is 0.143. The molecule has 0 spiro atoms. The van der Waals surface area contributed by atoms with Gasteiger partial charge in [-0.2, -0.15) is 0 Å². The predicted molar refractivity (Wildman–Crippen MR) is 99.3 cm³/mol. The van der Waals surface area contributed by atoms with Crippen molar-refractivity contribution in [1.82, 2.24) is 9.88 Å². The lowest BCUT2D eigenvalue weighted by Gasteiger charge is -2.21. The second kappa shape index (κ2) is 7.78. The Bertz CT molecular complexity index is 967. The third-order valence-corrected chi connectivity index (χ3v) is 4.16. The molecule has 0 unspecified atom stereocenters. The van der Waals surface area contributed by atoms with E-state index in [0.717, 1.165) is 5.56 Å². The molecule has 0 aliphatic heterocycles. The number of amides is 1. The van der Waals surface area contributed by atoms with E-state index in [4.69, 9.17) is 0 Å². The van der Waals surface area contributed by atoms with E-state index in [1.807, 2.05) is 37.3 Å². The monoisotopic (exact) mass is 350 g/mol. The summed E-state index contributed by atoms with van der Waals surface area (Å²) < 4.78 is 13.4. The van der Waals surface area contributed by atoms with Crippen molar-refractivity contribution in [1.29, 1.82) is 0 Å². The lowest BCUT2D eigenvalue weighted by molar-refractivity contribution is 0.0750. The van der Waals surface area contributed by atoms with Crippen LogP contribution in [0.3, 0.4) is 0 Å². The van der Waals surface area contributed by atoms with Crippen molar-refractivity contribution in [3.63, 3.8) is 0 Å². The van der Waals surface area contributed by atoms with Crippen LogP contribution in [0.25, 0.3) is 11.3 Å². The summed E-state index contributed by atoms with van der Waals surface area (Å²) in [4.78, 5) is 29.4. The summed E-state index contributed by atoms with van der Waals surface area (Å²) in [7, 11) is 0. The Balaban J connectivity index is 1.85. The molecule has 4 nitrogen and oxygen atoms in total. The normalized spacial score (nSPS) is 10.5. The molecule has 132 valence electrons. The Kier molecular flexibility index (Phi) is 5.27. The maximum Gasteiger partial charge on any atom is 0.261 e. The van der Waals surface area contributed by atoms with Crippen LogP contribution in [0.1, 0.15) is 22.8 Å². The van der Waals surface area contributed by atoms with Crippen LogP contribution in [0.5, 0.6) is 0 Å². The molecular weight excluding hydrogens is 331 g/mol. The summed E-state index contributed by atoms with van der Waals surface area (Å²) in [5.74, 6) is -0.728. The van der Waals surface area contributed by atoms with Gasteiger partial charge < -0.3 is 9.88 Å². The number of aromatic nitrogens is 1. The average molecular weight is 350 g/mol. The number of carbonyl (C=O) groups is 1. The van der Waals surface area contributed by atoms with E-state index in [1.54, 1.807) is 18.2 Å². The number of hydrogen-bond donors (Lipinski definition) is 1. The molecule has 0 saturated carbocycles. The van der Waals surface area contributed by atoms with E-state index in [9.17, 15) is 14.0 Å². The Morgan fingerprint density at radius 1 is 1.04 bits per heavy atom. The number of H-pyrrole nitrogens is 1. The number of nitrogens with one attached hydrogen (secondary N) is 1. The van der Waals surface area contributed by atoms with Crippen molar-refractivity contribution in [2.45, 2.75) is 13.5 Å². The summed E-state index contributed by atoms with van der Waals surface area (Å²) in [6.45, 7) is 2.48. The quantitative estimate of drug-likeness (QED) is 0.760. The molecule has 0 saturated heterocycles. The lowest BCUT2D eigenvalue weighted by Crippen LogP contribution is -2.34. The van der Waals surface area contributed by atoms with Crippen LogP contribution in [0.4, 0.5) is 4.39 Å². The molecule has 5 heteroatoms. The standard InChI is InChI=1S/C21H19FN2O2/c1-2-24(14-15-7-6-10-17(22)13-15)21(26)18-11-12-19(23-20(18)25)16-8-4-3-5-9-16/h3-13H,2,14H2,1H3,(H,23,25). The Morgan fingerprint density at radius 2 is 1.81 bits per heavy atom. The second-order valence-corrected chi connectivity index (χ2v) is 5.93. The number of aromatic amines is 1. The first-order valence-corrected chi connectivity index (χ1v) is 8.41. The zero-order valence-corrected chi connectivity index (χ0v) is 14.4. The smallest absolute Gasteiger partial charge is 0.261 e. The second-order valence-electron chi connectivity index (χ2n) is 5.93. The van der Waals surface area contributed by atoms with Gasteiger partial charge in [-0.25, -0.2) is 4.39 Å². The van der Waals surface area contributed by atoms with Gasteiger partial charge in [0.25, 0.3) is 11.5 Å². The van der Waals surface area contributed by atoms with Gasteiger partial charge in [0.2, 0.25) is 0 Å². The maximum atomic E-state index is 13.4. The van der Waals surface area contributed by atoms with Gasteiger partial charge in [-0.05, 0) is 42.3 Å². The number of carbonyl (C=O) groups excluding carboxylic acids is 1. The number of hydrogen-bond acceptors (Lipinski definition) is 2. The molecule has 0 aliphatic rings. The van der Waals surface area contributed by atoms with Gasteiger partial charge in [-0.3, -0.25) is 9.59 Å². The zero-order valence-electron chi connectivity index (χ0n) is 14.4. The topological polar surface area (TPSA) is 53.2 Å². The van der Waals surface area contributed by atoms with Gasteiger partial charge in [0.15, 0.2) is 0 Å². The number of halogens is 1. The number of rotatable bonds is 5. The third kappa shape index (κ3) is 3.88. The highest BCUT2D eigenvalue weighted by atomic mass is 19.1. The van der Waals surface area contributed by atoms with Crippen LogP contribution in [-0.2, 0) is 6.54 Å². The lowest BCUT2D eigenvalue weighted by atomic mass is 10.1. The zero-order chi connectivity index (χ0) is 18.5. The van der Waals surface area contributed by atoms with Gasteiger partial charge in [-0.15, -0.1) is 0 Å². The SMILES string of the molecule is CCN(Cc1cccc(F)c1)C(=O)c1ccc(-c2ccccc2)[nH]c1=O.